The Labute approximate surface area is 94.7 Å². The van der Waals surface area contributed by atoms with Gasteiger partial charge in [0.1, 0.15) is 5.71 Å². The molecule has 0 atom stereocenters. The van der Waals surface area contributed by atoms with Crippen molar-refractivity contribution in [2.75, 3.05) is 13.1 Å². The zero-order valence-electron chi connectivity index (χ0n) is 10.8. The lowest BCUT2D eigenvalue weighted by Crippen LogP contribution is -2.26. The molecule has 0 aromatic rings. The minimum Gasteiger partial charge on any atom is -0.296 e. The average Bonchev–Trinajstić information content (AvgIpc) is 2.16. The van der Waals surface area contributed by atoms with Gasteiger partial charge in [0.25, 0.3) is 0 Å². The van der Waals surface area contributed by atoms with Crippen LogP contribution in [0.25, 0.3) is 0 Å². The minimum absolute atomic E-state index is 0.0333. The first-order valence-corrected chi connectivity index (χ1v) is 5.76. The molecule has 0 aromatic heterocycles. The number of rotatable bonds is 5. The smallest absolute Gasteiger partial charge is 0.115 e. The van der Waals surface area contributed by atoms with E-state index in [2.05, 4.69) is 50.6 Å². The second-order valence-corrected chi connectivity index (χ2v) is 4.74. The predicted octanol–water partition coefficient (Wildman–Crippen LogP) is 3.14. The summed E-state index contributed by atoms with van der Waals surface area (Å²) in [6.07, 6.45) is 7.84. The summed E-state index contributed by atoms with van der Waals surface area (Å²) in [5.41, 5.74) is 0.800. The highest BCUT2D eigenvalue weighted by Gasteiger charge is 2.17. The van der Waals surface area contributed by atoms with Crippen molar-refractivity contribution in [3.05, 3.63) is 0 Å². The van der Waals surface area contributed by atoms with Gasteiger partial charge in [-0.25, -0.2) is 0 Å². The first-order chi connectivity index (χ1) is 6.95. The molecule has 2 nitrogen and oxygen atoms in total. The Bertz CT molecular complexity index is 240. The Morgan fingerprint density at radius 3 is 2.27 bits per heavy atom. The molecular weight excluding hydrogens is 184 g/mol. The minimum atomic E-state index is -0.0333. The molecule has 0 saturated heterocycles. The van der Waals surface area contributed by atoms with E-state index in [1.54, 1.807) is 0 Å². The molecule has 0 radical (unpaired) electrons. The van der Waals surface area contributed by atoms with Gasteiger partial charge >= 0.3 is 0 Å². The van der Waals surface area contributed by atoms with Crippen LogP contribution in [0.5, 0.6) is 0 Å². The Hall–Kier alpha value is -0.970. The summed E-state index contributed by atoms with van der Waals surface area (Å²) in [6, 6.07) is 0. The lowest BCUT2D eigenvalue weighted by Gasteiger charge is -2.22. The van der Waals surface area contributed by atoms with E-state index < -0.39 is 0 Å². The molecule has 0 heterocycles. The number of unbranched alkanes of at least 4 members (excludes halogenated alkanes) is 1. The van der Waals surface area contributed by atoms with Crippen LogP contribution in [0.4, 0.5) is 0 Å². The number of hydrogen-bond donors (Lipinski definition) is 0. The summed E-state index contributed by atoms with van der Waals surface area (Å²) >= 11 is 0. The maximum absolute atomic E-state index is 5.48. The van der Waals surface area contributed by atoms with Crippen LogP contribution in [-0.2, 0) is 0 Å². The van der Waals surface area contributed by atoms with Crippen LogP contribution >= 0.6 is 0 Å². The molecule has 0 unspecified atom stereocenters. The van der Waals surface area contributed by atoms with Gasteiger partial charge in [-0.05, 0) is 13.3 Å². The van der Waals surface area contributed by atoms with E-state index in [4.69, 9.17) is 6.42 Å². The third-order valence-corrected chi connectivity index (χ3v) is 2.22. The molecule has 0 aliphatic carbocycles. The van der Waals surface area contributed by atoms with Gasteiger partial charge in [0.2, 0.25) is 0 Å². The summed E-state index contributed by atoms with van der Waals surface area (Å²) in [7, 11) is 0. The second kappa shape index (κ2) is 6.50. The summed E-state index contributed by atoms with van der Waals surface area (Å²) in [6.45, 7) is 12.5. The molecule has 0 rings (SSSR count). The fraction of sp³-hybridized carbons (Fsp3) is 0.769. The molecule has 15 heavy (non-hydrogen) atoms. The molecule has 0 saturated carbocycles. The van der Waals surface area contributed by atoms with Gasteiger partial charge in [-0.15, -0.1) is 6.42 Å². The highest BCUT2D eigenvalue weighted by molar-refractivity contribution is 6.03. The van der Waals surface area contributed by atoms with E-state index in [1.165, 1.54) is 12.8 Å². The van der Waals surface area contributed by atoms with Crippen LogP contribution in [0, 0.1) is 17.8 Å². The summed E-state index contributed by atoms with van der Waals surface area (Å²) in [5, 5.41) is 6.60. The molecule has 0 bridgehead atoms. The van der Waals surface area contributed by atoms with Crippen molar-refractivity contribution < 1.29 is 0 Å². The summed E-state index contributed by atoms with van der Waals surface area (Å²) < 4.78 is 0. The predicted molar refractivity (Wildman–Crippen MR) is 67.9 cm³/mol. The van der Waals surface area contributed by atoms with Gasteiger partial charge in [0.15, 0.2) is 0 Å². The molecule has 0 aromatic carbocycles. The first kappa shape index (κ1) is 14.0. The van der Waals surface area contributed by atoms with Crippen molar-refractivity contribution in [2.45, 2.75) is 47.5 Å². The van der Waals surface area contributed by atoms with E-state index in [1.807, 2.05) is 0 Å². The van der Waals surface area contributed by atoms with Crippen molar-refractivity contribution in [3.8, 4) is 12.3 Å². The van der Waals surface area contributed by atoms with Crippen LogP contribution in [0.1, 0.15) is 47.5 Å². The molecule has 0 aliphatic rings. The number of nitrogens with zero attached hydrogens (tertiary/aromatic N) is 2. The van der Waals surface area contributed by atoms with E-state index in [9.17, 15) is 0 Å². The van der Waals surface area contributed by atoms with Gasteiger partial charge in [-0.1, -0.05) is 40.0 Å². The summed E-state index contributed by atoms with van der Waals surface area (Å²) in [4.78, 5) is 0. The van der Waals surface area contributed by atoms with Gasteiger partial charge in [0, 0.05) is 18.5 Å². The topological polar surface area (TPSA) is 15.6 Å². The fourth-order valence-corrected chi connectivity index (χ4v) is 1.16. The molecule has 0 aliphatic heterocycles. The zero-order chi connectivity index (χ0) is 11.9. The van der Waals surface area contributed by atoms with Crippen LogP contribution in [0.15, 0.2) is 5.10 Å². The standard InChI is InChI=1S/C13H24N2/c1-7-10-11-15(9-3)14-12(8-2)13(4,5)6/h2H,7,9-11H2,1,3-6H3/b14-12+. The van der Waals surface area contributed by atoms with Crippen LogP contribution in [0.2, 0.25) is 0 Å². The Kier molecular flexibility index (Phi) is 6.08. The SMILES string of the molecule is C#C/C(=N\N(CC)CCCC)C(C)(C)C. The molecule has 0 N–H and O–H groups in total. The Morgan fingerprint density at radius 1 is 1.33 bits per heavy atom. The largest absolute Gasteiger partial charge is 0.296 e. The van der Waals surface area contributed by atoms with Crippen molar-refractivity contribution in [3.63, 3.8) is 0 Å². The lowest BCUT2D eigenvalue weighted by molar-refractivity contribution is 0.295. The zero-order valence-corrected chi connectivity index (χ0v) is 10.8. The molecular formula is C13H24N2. The van der Waals surface area contributed by atoms with Crippen LogP contribution < -0.4 is 0 Å². The average molecular weight is 208 g/mol. The number of terminal acetylenes is 1. The normalized spacial score (nSPS) is 12.4. The Morgan fingerprint density at radius 2 is 1.93 bits per heavy atom. The lowest BCUT2D eigenvalue weighted by atomic mass is 9.90. The van der Waals surface area contributed by atoms with Crippen molar-refractivity contribution in [1.29, 1.82) is 0 Å². The third kappa shape index (κ3) is 5.47. The van der Waals surface area contributed by atoms with Crippen LogP contribution in [-0.4, -0.2) is 23.8 Å². The van der Waals surface area contributed by atoms with Crippen molar-refractivity contribution in [2.24, 2.45) is 10.5 Å². The summed E-state index contributed by atoms with van der Waals surface area (Å²) in [5.74, 6) is 2.69. The highest BCUT2D eigenvalue weighted by Crippen LogP contribution is 2.16. The quantitative estimate of drug-likeness (QED) is 0.385. The van der Waals surface area contributed by atoms with Gasteiger partial charge < -0.3 is 0 Å². The first-order valence-electron chi connectivity index (χ1n) is 5.76. The van der Waals surface area contributed by atoms with Crippen molar-refractivity contribution >= 4 is 5.71 Å². The monoisotopic (exact) mass is 208 g/mol. The molecule has 0 spiro atoms. The van der Waals surface area contributed by atoms with E-state index >= 15 is 0 Å². The van der Waals surface area contributed by atoms with E-state index in [-0.39, 0.29) is 5.41 Å². The van der Waals surface area contributed by atoms with Gasteiger partial charge in [0.05, 0.1) is 0 Å². The Balaban J connectivity index is 4.58. The highest BCUT2D eigenvalue weighted by atomic mass is 15.4. The van der Waals surface area contributed by atoms with Crippen LogP contribution in [0.3, 0.4) is 0 Å². The van der Waals surface area contributed by atoms with E-state index in [0.29, 0.717) is 0 Å². The molecule has 0 fully saturated rings. The van der Waals surface area contributed by atoms with E-state index in [0.717, 1.165) is 18.8 Å². The van der Waals surface area contributed by atoms with Gasteiger partial charge in [-0.3, -0.25) is 5.01 Å². The maximum atomic E-state index is 5.48. The molecule has 2 heteroatoms. The fourth-order valence-electron chi connectivity index (χ4n) is 1.16. The van der Waals surface area contributed by atoms with Gasteiger partial charge in [-0.2, -0.15) is 5.10 Å². The third-order valence-electron chi connectivity index (χ3n) is 2.22. The van der Waals surface area contributed by atoms with Crippen molar-refractivity contribution in [1.82, 2.24) is 5.01 Å². The maximum Gasteiger partial charge on any atom is 0.115 e. The number of hydrogen-bond acceptors (Lipinski definition) is 2. The molecule has 0 amide bonds. The molecule has 86 valence electrons. The second-order valence-electron chi connectivity index (χ2n) is 4.74. The number of hydrazone groups is 1.